The molecule has 0 amide bonds. The van der Waals surface area contributed by atoms with E-state index in [0.29, 0.717) is 5.92 Å². The summed E-state index contributed by atoms with van der Waals surface area (Å²) in [4.78, 5) is 15.2. The SMILES string of the molecule is Cc1cc(C(C)C)c(/C=C/C=O)c(-c2ccc(F)cc2)n1. The van der Waals surface area contributed by atoms with Gasteiger partial charge in [0.05, 0.1) is 5.69 Å². The van der Waals surface area contributed by atoms with Crippen molar-refractivity contribution < 1.29 is 9.18 Å². The maximum atomic E-state index is 13.1. The van der Waals surface area contributed by atoms with Gasteiger partial charge >= 0.3 is 0 Å². The Morgan fingerprint density at radius 1 is 1.19 bits per heavy atom. The first-order valence-electron chi connectivity index (χ1n) is 6.92. The fourth-order valence-corrected chi connectivity index (χ4v) is 2.32. The number of hydrogen-bond donors (Lipinski definition) is 0. The van der Waals surface area contributed by atoms with Gasteiger partial charge in [0, 0.05) is 16.8 Å². The molecule has 0 bridgehead atoms. The zero-order valence-electron chi connectivity index (χ0n) is 12.4. The van der Waals surface area contributed by atoms with Gasteiger partial charge in [0.25, 0.3) is 0 Å². The molecule has 0 radical (unpaired) electrons. The third-order valence-corrected chi connectivity index (χ3v) is 3.30. The number of aldehydes is 1. The summed E-state index contributed by atoms with van der Waals surface area (Å²) in [5.74, 6) is 0.0256. The molecule has 1 aromatic heterocycles. The van der Waals surface area contributed by atoms with Gasteiger partial charge < -0.3 is 0 Å². The molecule has 1 heterocycles. The summed E-state index contributed by atoms with van der Waals surface area (Å²) in [5, 5.41) is 0. The topological polar surface area (TPSA) is 30.0 Å². The molecule has 0 N–H and O–H groups in total. The summed E-state index contributed by atoms with van der Waals surface area (Å²) in [7, 11) is 0. The molecular formula is C18H18FNO. The molecule has 0 atom stereocenters. The van der Waals surface area contributed by atoms with Gasteiger partial charge in [0.15, 0.2) is 0 Å². The highest BCUT2D eigenvalue weighted by Crippen LogP contribution is 2.30. The van der Waals surface area contributed by atoms with Crippen LogP contribution in [-0.2, 0) is 4.79 Å². The van der Waals surface area contributed by atoms with Gasteiger partial charge in [-0.2, -0.15) is 0 Å². The molecule has 0 aliphatic carbocycles. The summed E-state index contributed by atoms with van der Waals surface area (Å²) in [6, 6.07) is 8.28. The van der Waals surface area contributed by atoms with Crippen molar-refractivity contribution in [2.45, 2.75) is 26.7 Å². The molecule has 3 heteroatoms. The Morgan fingerprint density at radius 3 is 2.43 bits per heavy atom. The van der Waals surface area contributed by atoms with Gasteiger partial charge in [-0.15, -0.1) is 0 Å². The van der Waals surface area contributed by atoms with E-state index in [0.717, 1.165) is 34.4 Å². The second-order valence-corrected chi connectivity index (χ2v) is 5.27. The Bertz CT molecular complexity index is 672. The molecule has 0 saturated carbocycles. The monoisotopic (exact) mass is 283 g/mol. The smallest absolute Gasteiger partial charge is 0.142 e. The second kappa shape index (κ2) is 6.44. The van der Waals surface area contributed by atoms with E-state index < -0.39 is 0 Å². The van der Waals surface area contributed by atoms with Crippen molar-refractivity contribution in [3.8, 4) is 11.3 Å². The molecule has 2 rings (SSSR count). The van der Waals surface area contributed by atoms with Crippen LogP contribution in [-0.4, -0.2) is 11.3 Å². The molecule has 0 fully saturated rings. The van der Waals surface area contributed by atoms with Crippen LogP contribution in [0.4, 0.5) is 4.39 Å². The molecule has 2 aromatic rings. The largest absolute Gasteiger partial charge is 0.299 e. The Hall–Kier alpha value is -2.29. The number of hydrogen-bond acceptors (Lipinski definition) is 2. The Kier molecular flexibility index (Phi) is 4.63. The average molecular weight is 283 g/mol. The van der Waals surface area contributed by atoms with Gasteiger partial charge in [0.1, 0.15) is 12.1 Å². The van der Waals surface area contributed by atoms with Crippen LogP contribution in [0.25, 0.3) is 17.3 Å². The molecule has 1 aromatic carbocycles. The lowest BCUT2D eigenvalue weighted by Crippen LogP contribution is -2.00. The van der Waals surface area contributed by atoms with E-state index in [2.05, 4.69) is 18.8 Å². The van der Waals surface area contributed by atoms with Crippen LogP contribution in [0.1, 0.15) is 36.6 Å². The number of nitrogens with zero attached hydrogens (tertiary/aromatic N) is 1. The summed E-state index contributed by atoms with van der Waals surface area (Å²) < 4.78 is 13.1. The van der Waals surface area contributed by atoms with Gasteiger partial charge in [-0.25, -0.2) is 4.39 Å². The fraction of sp³-hybridized carbons (Fsp3) is 0.222. The molecule has 108 valence electrons. The molecule has 2 nitrogen and oxygen atoms in total. The van der Waals surface area contributed by atoms with Crippen LogP contribution in [0.15, 0.2) is 36.4 Å². The molecule has 0 saturated heterocycles. The number of carbonyl (C=O) groups is 1. The highest BCUT2D eigenvalue weighted by molar-refractivity contribution is 5.81. The van der Waals surface area contributed by atoms with Crippen LogP contribution in [0.2, 0.25) is 0 Å². The number of aromatic nitrogens is 1. The lowest BCUT2D eigenvalue weighted by molar-refractivity contribution is -0.104. The van der Waals surface area contributed by atoms with Crippen molar-refractivity contribution >= 4 is 12.4 Å². The minimum absolute atomic E-state index is 0.277. The van der Waals surface area contributed by atoms with Gasteiger partial charge in [-0.05, 0) is 60.9 Å². The van der Waals surface area contributed by atoms with Gasteiger partial charge in [-0.1, -0.05) is 13.8 Å². The van der Waals surface area contributed by atoms with E-state index in [1.807, 2.05) is 13.0 Å². The zero-order chi connectivity index (χ0) is 15.4. The lowest BCUT2D eigenvalue weighted by atomic mass is 9.93. The van der Waals surface area contributed by atoms with Crippen molar-refractivity contribution in [1.29, 1.82) is 0 Å². The standard InChI is InChI=1S/C18H18FNO/c1-12(2)17-11-13(3)20-18(16(17)5-4-10-21)14-6-8-15(19)9-7-14/h4-12H,1-3H3/b5-4+. The van der Waals surface area contributed by atoms with Crippen molar-refractivity contribution in [2.24, 2.45) is 0 Å². The molecule has 0 aliphatic rings. The van der Waals surface area contributed by atoms with Crippen LogP contribution in [0.3, 0.4) is 0 Å². The number of benzene rings is 1. The Labute approximate surface area is 124 Å². The van der Waals surface area contributed by atoms with E-state index in [1.54, 1.807) is 18.2 Å². The van der Waals surface area contributed by atoms with Crippen molar-refractivity contribution in [2.75, 3.05) is 0 Å². The van der Waals surface area contributed by atoms with Crippen molar-refractivity contribution in [3.63, 3.8) is 0 Å². The average Bonchev–Trinajstić information content (AvgIpc) is 2.46. The van der Waals surface area contributed by atoms with Crippen molar-refractivity contribution in [3.05, 3.63) is 59.0 Å². The number of allylic oxidation sites excluding steroid dienone is 1. The predicted molar refractivity (Wildman–Crippen MR) is 83.6 cm³/mol. The summed E-state index contributed by atoms with van der Waals surface area (Å²) in [6.45, 7) is 6.13. The van der Waals surface area contributed by atoms with Gasteiger partial charge in [0.2, 0.25) is 0 Å². The van der Waals surface area contributed by atoms with E-state index in [4.69, 9.17) is 0 Å². The van der Waals surface area contributed by atoms with Crippen LogP contribution < -0.4 is 0 Å². The van der Waals surface area contributed by atoms with Gasteiger partial charge in [-0.3, -0.25) is 9.78 Å². The summed E-state index contributed by atoms with van der Waals surface area (Å²) in [6.07, 6.45) is 3.98. The third kappa shape index (κ3) is 3.43. The third-order valence-electron chi connectivity index (χ3n) is 3.30. The maximum absolute atomic E-state index is 13.1. The summed E-state index contributed by atoms with van der Waals surface area (Å²) >= 11 is 0. The minimum Gasteiger partial charge on any atom is -0.299 e. The number of aryl methyl sites for hydroxylation is 1. The number of halogens is 1. The number of carbonyl (C=O) groups excluding carboxylic acids is 1. The highest BCUT2D eigenvalue weighted by atomic mass is 19.1. The minimum atomic E-state index is -0.277. The van der Waals surface area contributed by atoms with Crippen LogP contribution in [0, 0.1) is 12.7 Å². The quantitative estimate of drug-likeness (QED) is 0.609. The first kappa shape index (κ1) is 15.1. The first-order chi connectivity index (χ1) is 10.0. The lowest BCUT2D eigenvalue weighted by Gasteiger charge is -2.15. The van der Waals surface area contributed by atoms with Crippen molar-refractivity contribution in [1.82, 2.24) is 4.98 Å². The number of rotatable bonds is 4. The predicted octanol–water partition coefficient (Wildman–Crippen LogP) is 4.53. The van der Waals surface area contributed by atoms with E-state index in [-0.39, 0.29) is 5.82 Å². The van der Waals surface area contributed by atoms with Crippen LogP contribution in [0.5, 0.6) is 0 Å². The normalized spacial score (nSPS) is 11.3. The zero-order valence-corrected chi connectivity index (χ0v) is 12.4. The van der Waals surface area contributed by atoms with E-state index in [1.165, 1.54) is 18.2 Å². The number of pyridine rings is 1. The van der Waals surface area contributed by atoms with E-state index in [9.17, 15) is 9.18 Å². The molecule has 0 spiro atoms. The molecule has 21 heavy (non-hydrogen) atoms. The van der Waals surface area contributed by atoms with E-state index >= 15 is 0 Å². The Morgan fingerprint density at radius 2 is 1.86 bits per heavy atom. The molecular weight excluding hydrogens is 265 g/mol. The fourth-order valence-electron chi connectivity index (χ4n) is 2.32. The maximum Gasteiger partial charge on any atom is 0.142 e. The first-order valence-corrected chi connectivity index (χ1v) is 6.92. The Balaban J connectivity index is 2.70. The highest BCUT2D eigenvalue weighted by Gasteiger charge is 2.13. The molecule has 0 unspecified atom stereocenters. The summed E-state index contributed by atoms with van der Waals surface area (Å²) in [5.41, 5.74) is 4.56. The second-order valence-electron chi connectivity index (χ2n) is 5.27. The van der Waals surface area contributed by atoms with Crippen LogP contribution >= 0.6 is 0 Å². The molecule has 0 aliphatic heterocycles.